The molecule has 0 aromatic heterocycles. The van der Waals surface area contributed by atoms with E-state index in [-0.39, 0.29) is 19.6 Å². The van der Waals surface area contributed by atoms with E-state index in [1.807, 2.05) is 30.3 Å². The molecule has 1 saturated heterocycles. The monoisotopic (exact) mass is 335 g/mol. The Bertz CT molecular complexity index is 591. The summed E-state index contributed by atoms with van der Waals surface area (Å²) in [4.78, 5) is 26.0. The predicted molar refractivity (Wildman–Crippen MR) is 88.2 cm³/mol. The number of β-amino-alcohol motifs (C(OH)–C–C–N with tert-alkyl or cyclic N) is 1. The van der Waals surface area contributed by atoms with Crippen LogP contribution in [-0.4, -0.2) is 45.9 Å². The van der Waals surface area contributed by atoms with Crippen LogP contribution in [0, 0.1) is 0 Å². The van der Waals surface area contributed by atoms with E-state index in [4.69, 9.17) is 9.47 Å². The Kier molecular flexibility index (Phi) is 5.18. The zero-order valence-electron chi connectivity index (χ0n) is 14.6. The van der Waals surface area contributed by atoms with Crippen LogP contribution in [0.15, 0.2) is 30.3 Å². The van der Waals surface area contributed by atoms with Crippen molar-refractivity contribution in [1.82, 2.24) is 4.90 Å². The lowest BCUT2D eigenvalue weighted by atomic mass is 10.0. The van der Waals surface area contributed by atoms with E-state index < -0.39 is 29.3 Å². The molecular weight excluding hydrogens is 310 g/mol. The Morgan fingerprint density at radius 3 is 2.50 bits per heavy atom. The molecule has 1 aromatic carbocycles. The van der Waals surface area contributed by atoms with E-state index in [2.05, 4.69) is 0 Å². The number of carbonyl (C=O) groups excluding carboxylic acids is 2. The van der Waals surface area contributed by atoms with Gasteiger partial charge < -0.3 is 14.6 Å². The van der Waals surface area contributed by atoms with Gasteiger partial charge >= 0.3 is 12.1 Å². The van der Waals surface area contributed by atoms with Crippen LogP contribution in [0.25, 0.3) is 0 Å². The first-order valence-corrected chi connectivity index (χ1v) is 8.00. The van der Waals surface area contributed by atoms with Gasteiger partial charge in [-0.05, 0) is 33.3 Å². The number of amides is 1. The number of hydrogen-bond donors (Lipinski definition) is 1. The average Bonchev–Trinajstić information content (AvgIpc) is 2.80. The second kappa shape index (κ2) is 6.81. The van der Waals surface area contributed by atoms with Crippen molar-refractivity contribution in [3.63, 3.8) is 0 Å². The van der Waals surface area contributed by atoms with E-state index in [9.17, 15) is 14.7 Å². The molecule has 1 aromatic rings. The smallest absolute Gasteiger partial charge is 0.411 e. The van der Waals surface area contributed by atoms with E-state index >= 15 is 0 Å². The Morgan fingerprint density at radius 1 is 1.29 bits per heavy atom. The molecule has 24 heavy (non-hydrogen) atoms. The Balaban J connectivity index is 2.04. The van der Waals surface area contributed by atoms with Crippen LogP contribution in [0.1, 0.15) is 39.7 Å². The third-order valence-electron chi connectivity index (χ3n) is 3.64. The molecular formula is C18H25NO5. The minimum absolute atomic E-state index is 0.0347. The molecule has 1 N–H and O–H groups in total. The van der Waals surface area contributed by atoms with Gasteiger partial charge in [0, 0.05) is 6.42 Å². The molecule has 1 aliphatic heterocycles. The molecule has 0 radical (unpaired) electrons. The molecule has 6 heteroatoms. The van der Waals surface area contributed by atoms with Crippen LogP contribution >= 0.6 is 0 Å². The third kappa shape index (κ3) is 4.96. The fourth-order valence-corrected chi connectivity index (χ4v) is 2.62. The van der Waals surface area contributed by atoms with Crippen LogP contribution < -0.4 is 0 Å². The molecule has 132 valence electrons. The summed E-state index contributed by atoms with van der Waals surface area (Å²) in [6, 6.07) is 8.45. The summed E-state index contributed by atoms with van der Waals surface area (Å²) in [5.74, 6) is -0.539. The number of aliphatic hydroxyl groups is 1. The SMILES string of the molecule is CC(C)(C)OC(=O)N1C[C@@](C)(O)C[C@H]1C(=O)OCc1ccccc1. The maximum absolute atomic E-state index is 12.4. The van der Waals surface area contributed by atoms with Gasteiger partial charge in [0.25, 0.3) is 0 Å². The fourth-order valence-electron chi connectivity index (χ4n) is 2.62. The van der Waals surface area contributed by atoms with Gasteiger partial charge in [-0.25, -0.2) is 9.59 Å². The van der Waals surface area contributed by atoms with Gasteiger partial charge in [0.2, 0.25) is 0 Å². The quantitative estimate of drug-likeness (QED) is 0.859. The topological polar surface area (TPSA) is 76.1 Å². The molecule has 0 unspecified atom stereocenters. The zero-order valence-corrected chi connectivity index (χ0v) is 14.6. The number of hydrogen-bond acceptors (Lipinski definition) is 5. The minimum Gasteiger partial charge on any atom is -0.459 e. The molecule has 1 amide bonds. The van der Waals surface area contributed by atoms with Crippen molar-refractivity contribution in [3.05, 3.63) is 35.9 Å². The van der Waals surface area contributed by atoms with Gasteiger partial charge in [-0.15, -0.1) is 0 Å². The average molecular weight is 335 g/mol. The third-order valence-corrected chi connectivity index (χ3v) is 3.64. The number of nitrogens with zero attached hydrogens (tertiary/aromatic N) is 1. The van der Waals surface area contributed by atoms with Crippen molar-refractivity contribution in [2.24, 2.45) is 0 Å². The lowest BCUT2D eigenvalue weighted by molar-refractivity contribution is -0.150. The molecule has 1 aliphatic rings. The maximum Gasteiger partial charge on any atom is 0.411 e. The van der Waals surface area contributed by atoms with Gasteiger partial charge in [0.1, 0.15) is 18.2 Å². The standard InChI is InChI=1S/C18H25NO5/c1-17(2,3)24-16(21)19-12-18(4,22)10-14(19)15(20)23-11-13-8-6-5-7-9-13/h5-9,14,22H,10-12H2,1-4H3/t14-,18-/m0/s1. The number of rotatable bonds is 3. The maximum atomic E-state index is 12.4. The van der Waals surface area contributed by atoms with Crippen LogP contribution in [0.2, 0.25) is 0 Å². The lowest BCUT2D eigenvalue weighted by Gasteiger charge is -2.27. The van der Waals surface area contributed by atoms with Crippen molar-refractivity contribution < 1.29 is 24.2 Å². The Hall–Kier alpha value is -2.08. The molecule has 2 rings (SSSR count). The molecule has 2 atom stereocenters. The number of benzene rings is 1. The van der Waals surface area contributed by atoms with Crippen molar-refractivity contribution >= 4 is 12.1 Å². The summed E-state index contributed by atoms with van der Waals surface area (Å²) < 4.78 is 10.6. The Labute approximate surface area is 142 Å². The van der Waals surface area contributed by atoms with Crippen molar-refractivity contribution in [2.45, 2.75) is 58.0 Å². The summed E-state index contributed by atoms with van der Waals surface area (Å²) in [5, 5.41) is 10.3. The van der Waals surface area contributed by atoms with Crippen LogP contribution in [0.5, 0.6) is 0 Å². The highest BCUT2D eigenvalue weighted by molar-refractivity contribution is 5.82. The fraction of sp³-hybridized carbons (Fsp3) is 0.556. The molecule has 0 bridgehead atoms. The number of carbonyl (C=O) groups is 2. The summed E-state index contributed by atoms with van der Waals surface area (Å²) in [5.41, 5.74) is -0.961. The Morgan fingerprint density at radius 2 is 1.92 bits per heavy atom. The van der Waals surface area contributed by atoms with Gasteiger partial charge in [-0.1, -0.05) is 30.3 Å². The van der Waals surface area contributed by atoms with Crippen LogP contribution in [0.4, 0.5) is 4.79 Å². The number of ether oxygens (including phenoxy) is 2. The van der Waals surface area contributed by atoms with Crippen molar-refractivity contribution in [3.8, 4) is 0 Å². The van der Waals surface area contributed by atoms with E-state index in [0.29, 0.717) is 0 Å². The van der Waals surface area contributed by atoms with Gasteiger partial charge in [0.15, 0.2) is 0 Å². The first kappa shape index (κ1) is 18.3. The van der Waals surface area contributed by atoms with Crippen LogP contribution in [-0.2, 0) is 20.9 Å². The van der Waals surface area contributed by atoms with Gasteiger partial charge in [-0.2, -0.15) is 0 Å². The van der Waals surface area contributed by atoms with E-state index in [1.54, 1.807) is 27.7 Å². The highest BCUT2D eigenvalue weighted by Gasteiger charge is 2.47. The molecule has 0 aliphatic carbocycles. The molecule has 1 fully saturated rings. The first-order chi connectivity index (χ1) is 11.1. The van der Waals surface area contributed by atoms with Crippen molar-refractivity contribution in [1.29, 1.82) is 0 Å². The molecule has 0 spiro atoms. The normalized spacial score (nSPS) is 23.9. The second-order valence-corrected chi connectivity index (χ2v) is 7.42. The number of likely N-dealkylation sites (tertiary alicyclic amines) is 1. The van der Waals surface area contributed by atoms with Crippen LogP contribution in [0.3, 0.4) is 0 Å². The molecule has 0 saturated carbocycles. The second-order valence-electron chi connectivity index (χ2n) is 7.42. The largest absolute Gasteiger partial charge is 0.459 e. The summed E-state index contributed by atoms with van der Waals surface area (Å²) in [6.07, 6.45) is -0.498. The van der Waals surface area contributed by atoms with E-state index in [1.165, 1.54) is 4.90 Å². The van der Waals surface area contributed by atoms with Crippen molar-refractivity contribution in [2.75, 3.05) is 6.54 Å². The minimum atomic E-state index is -1.15. The van der Waals surface area contributed by atoms with Gasteiger partial charge in [0.05, 0.1) is 12.1 Å². The lowest BCUT2D eigenvalue weighted by Crippen LogP contribution is -2.44. The summed E-state index contributed by atoms with van der Waals surface area (Å²) >= 11 is 0. The predicted octanol–water partition coefficient (Wildman–Crippen LogP) is 2.49. The van der Waals surface area contributed by atoms with E-state index in [0.717, 1.165) is 5.56 Å². The first-order valence-electron chi connectivity index (χ1n) is 8.00. The number of esters is 1. The molecule has 6 nitrogen and oxygen atoms in total. The molecule has 1 heterocycles. The zero-order chi connectivity index (χ0) is 18.0. The van der Waals surface area contributed by atoms with Gasteiger partial charge in [-0.3, -0.25) is 4.90 Å². The highest BCUT2D eigenvalue weighted by Crippen LogP contribution is 2.29. The summed E-state index contributed by atoms with van der Waals surface area (Å²) in [7, 11) is 0. The highest BCUT2D eigenvalue weighted by atomic mass is 16.6. The summed E-state index contributed by atoms with van der Waals surface area (Å²) in [6.45, 7) is 7.01.